The maximum absolute atomic E-state index is 12.4. The molecule has 0 bridgehead atoms. The first kappa shape index (κ1) is 15.4. The second kappa shape index (κ2) is 6.61. The van der Waals surface area contributed by atoms with Crippen LogP contribution in [0.15, 0.2) is 18.2 Å². The molecule has 1 fully saturated rings. The molecule has 2 rings (SSSR count). The van der Waals surface area contributed by atoms with Crippen LogP contribution in [0.4, 0.5) is 0 Å². The molecule has 1 aliphatic rings. The fraction of sp³-hybridized carbons (Fsp3) is 0.500. The molecule has 0 aromatic heterocycles. The lowest BCUT2D eigenvalue weighted by Gasteiger charge is -2.27. The molecule has 1 saturated carbocycles. The van der Waals surface area contributed by atoms with Gasteiger partial charge in [0, 0.05) is 6.04 Å². The van der Waals surface area contributed by atoms with Gasteiger partial charge in [-0.25, -0.2) is 0 Å². The lowest BCUT2D eigenvalue weighted by atomic mass is 9.86. The third kappa shape index (κ3) is 3.74. The van der Waals surface area contributed by atoms with E-state index in [9.17, 15) is 9.59 Å². The Bertz CT molecular complexity index is 533. The van der Waals surface area contributed by atoms with Crippen molar-refractivity contribution in [3.63, 3.8) is 0 Å². The smallest absolute Gasteiger partial charge is 0.306 e. The van der Waals surface area contributed by atoms with Crippen LogP contribution in [0, 0.1) is 12.8 Å². The number of carbonyl (C=O) groups excluding carboxylic acids is 1. The van der Waals surface area contributed by atoms with Crippen molar-refractivity contribution < 1.29 is 19.4 Å². The van der Waals surface area contributed by atoms with E-state index in [4.69, 9.17) is 9.84 Å². The molecule has 0 atom stereocenters. The molecular weight excluding hydrogens is 270 g/mol. The fourth-order valence-corrected chi connectivity index (χ4v) is 2.75. The first-order chi connectivity index (χ1) is 10.0. The third-order valence-electron chi connectivity index (χ3n) is 4.01. The molecule has 0 unspecified atom stereocenters. The van der Waals surface area contributed by atoms with Gasteiger partial charge in [0.05, 0.1) is 18.6 Å². The van der Waals surface area contributed by atoms with Crippen molar-refractivity contribution in [2.45, 2.75) is 38.6 Å². The molecule has 21 heavy (non-hydrogen) atoms. The number of hydrogen-bond acceptors (Lipinski definition) is 3. The second-order valence-corrected chi connectivity index (χ2v) is 5.56. The molecule has 114 valence electrons. The summed E-state index contributed by atoms with van der Waals surface area (Å²) in [5.41, 5.74) is 1.52. The van der Waals surface area contributed by atoms with Gasteiger partial charge in [-0.2, -0.15) is 0 Å². The van der Waals surface area contributed by atoms with Gasteiger partial charge in [0.25, 0.3) is 5.91 Å². The van der Waals surface area contributed by atoms with Crippen LogP contribution in [0.3, 0.4) is 0 Å². The average Bonchev–Trinajstić information content (AvgIpc) is 2.47. The maximum atomic E-state index is 12.4. The van der Waals surface area contributed by atoms with E-state index < -0.39 is 5.97 Å². The largest absolute Gasteiger partial charge is 0.496 e. The number of aryl methyl sites for hydroxylation is 1. The van der Waals surface area contributed by atoms with Crippen LogP contribution in [0.2, 0.25) is 0 Å². The topological polar surface area (TPSA) is 75.6 Å². The number of rotatable bonds is 4. The van der Waals surface area contributed by atoms with Crippen LogP contribution >= 0.6 is 0 Å². The van der Waals surface area contributed by atoms with Crippen molar-refractivity contribution in [2.24, 2.45) is 5.92 Å². The highest BCUT2D eigenvalue weighted by Gasteiger charge is 2.27. The lowest BCUT2D eigenvalue weighted by molar-refractivity contribution is -0.142. The highest BCUT2D eigenvalue weighted by atomic mass is 16.5. The summed E-state index contributed by atoms with van der Waals surface area (Å²) >= 11 is 0. The number of amides is 1. The molecule has 0 aliphatic heterocycles. The number of carboxylic acids is 1. The number of methoxy groups -OCH3 is 1. The molecule has 5 nitrogen and oxygen atoms in total. The number of carboxylic acid groups (broad SMARTS) is 1. The van der Waals surface area contributed by atoms with Gasteiger partial charge in [-0.3, -0.25) is 9.59 Å². The average molecular weight is 291 g/mol. The minimum Gasteiger partial charge on any atom is -0.496 e. The first-order valence-corrected chi connectivity index (χ1v) is 7.19. The van der Waals surface area contributed by atoms with E-state index in [2.05, 4.69) is 5.32 Å². The second-order valence-electron chi connectivity index (χ2n) is 5.56. The van der Waals surface area contributed by atoms with Gasteiger partial charge in [-0.15, -0.1) is 0 Å². The zero-order chi connectivity index (χ0) is 15.4. The van der Waals surface area contributed by atoms with Crippen molar-refractivity contribution in [3.8, 4) is 5.75 Å². The van der Waals surface area contributed by atoms with E-state index >= 15 is 0 Å². The Morgan fingerprint density at radius 3 is 2.48 bits per heavy atom. The van der Waals surface area contributed by atoms with Gasteiger partial charge in [0.2, 0.25) is 0 Å². The summed E-state index contributed by atoms with van der Waals surface area (Å²) in [5, 5.41) is 12.0. The number of ether oxygens (including phenoxy) is 1. The van der Waals surface area contributed by atoms with E-state index in [1.54, 1.807) is 19.2 Å². The Morgan fingerprint density at radius 1 is 1.24 bits per heavy atom. The Hall–Kier alpha value is -2.04. The van der Waals surface area contributed by atoms with E-state index in [0.29, 0.717) is 37.0 Å². The summed E-state index contributed by atoms with van der Waals surface area (Å²) in [5.74, 6) is -0.613. The Morgan fingerprint density at radius 2 is 1.90 bits per heavy atom. The summed E-state index contributed by atoms with van der Waals surface area (Å²) in [6.45, 7) is 1.92. The molecule has 2 N–H and O–H groups in total. The maximum Gasteiger partial charge on any atom is 0.306 e. The monoisotopic (exact) mass is 291 g/mol. The first-order valence-electron chi connectivity index (χ1n) is 7.19. The Balaban J connectivity index is 1.99. The van der Waals surface area contributed by atoms with Crippen molar-refractivity contribution in [2.75, 3.05) is 7.11 Å². The lowest BCUT2D eigenvalue weighted by Crippen LogP contribution is -2.38. The summed E-state index contributed by atoms with van der Waals surface area (Å²) in [4.78, 5) is 23.3. The van der Waals surface area contributed by atoms with Gasteiger partial charge in [-0.1, -0.05) is 11.6 Å². The molecular formula is C16H21NO4. The van der Waals surface area contributed by atoms with E-state index in [0.717, 1.165) is 5.56 Å². The Labute approximate surface area is 124 Å². The van der Waals surface area contributed by atoms with Crippen molar-refractivity contribution in [1.82, 2.24) is 5.32 Å². The molecule has 0 saturated heterocycles. The van der Waals surface area contributed by atoms with Gasteiger partial charge >= 0.3 is 5.97 Å². The highest BCUT2D eigenvalue weighted by molar-refractivity contribution is 5.97. The summed E-state index contributed by atoms with van der Waals surface area (Å²) in [6, 6.07) is 5.52. The van der Waals surface area contributed by atoms with Gasteiger partial charge in [0.15, 0.2) is 0 Å². The van der Waals surface area contributed by atoms with E-state index in [1.165, 1.54) is 0 Å². The molecule has 5 heteroatoms. The normalized spacial score (nSPS) is 21.6. The zero-order valence-electron chi connectivity index (χ0n) is 12.4. The molecule has 0 spiro atoms. The van der Waals surface area contributed by atoms with Crippen LogP contribution < -0.4 is 10.1 Å². The quantitative estimate of drug-likeness (QED) is 0.893. The number of carbonyl (C=O) groups is 2. The number of aliphatic carboxylic acids is 1. The van der Waals surface area contributed by atoms with Crippen molar-refractivity contribution >= 4 is 11.9 Å². The van der Waals surface area contributed by atoms with Crippen molar-refractivity contribution in [1.29, 1.82) is 0 Å². The van der Waals surface area contributed by atoms with Crippen LogP contribution in [0.25, 0.3) is 0 Å². The minimum absolute atomic E-state index is 0.0401. The molecule has 0 heterocycles. The van der Waals surface area contributed by atoms with Gasteiger partial charge in [-0.05, 0) is 44.7 Å². The number of hydrogen-bond donors (Lipinski definition) is 2. The summed E-state index contributed by atoms with van der Waals surface area (Å²) < 4.78 is 5.22. The number of nitrogens with one attached hydrogen (secondary N) is 1. The predicted molar refractivity (Wildman–Crippen MR) is 78.6 cm³/mol. The minimum atomic E-state index is -0.736. The van der Waals surface area contributed by atoms with Crippen LogP contribution in [-0.4, -0.2) is 30.1 Å². The molecule has 1 aromatic rings. The Kier molecular flexibility index (Phi) is 4.83. The van der Waals surface area contributed by atoms with Crippen molar-refractivity contribution in [3.05, 3.63) is 29.3 Å². The third-order valence-corrected chi connectivity index (χ3v) is 4.01. The molecule has 1 aliphatic carbocycles. The predicted octanol–water partition coefficient (Wildman–Crippen LogP) is 2.38. The van der Waals surface area contributed by atoms with Gasteiger partial charge in [0.1, 0.15) is 5.75 Å². The van der Waals surface area contributed by atoms with Crippen LogP contribution in [-0.2, 0) is 4.79 Å². The molecule has 1 amide bonds. The van der Waals surface area contributed by atoms with E-state index in [1.807, 2.05) is 13.0 Å². The fourth-order valence-electron chi connectivity index (χ4n) is 2.75. The van der Waals surface area contributed by atoms with E-state index in [-0.39, 0.29) is 17.9 Å². The zero-order valence-corrected chi connectivity index (χ0v) is 12.4. The molecule has 0 radical (unpaired) electrons. The van der Waals surface area contributed by atoms with Crippen LogP contribution in [0.5, 0.6) is 5.75 Å². The van der Waals surface area contributed by atoms with Crippen LogP contribution in [0.1, 0.15) is 41.6 Å². The molecule has 1 aromatic carbocycles. The highest BCUT2D eigenvalue weighted by Crippen LogP contribution is 2.25. The number of benzene rings is 1. The summed E-state index contributed by atoms with van der Waals surface area (Å²) in [7, 11) is 1.54. The standard InChI is InChI=1S/C16H21NO4/c1-10-3-8-14(21-2)13(9-10)15(18)17-12-6-4-11(5-7-12)16(19)20/h3,8-9,11-12H,4-7H2,1-2H3,(H,17,18)(H,19,20). The summed E-state index contributed by atoms with van der Waals surface area (Å²) in [6.07, 6.45) is 2.64. The SMILES string of the molecule is COc1ccc(C)cc1C(=O)NC1CCC(C(=O)O)CC1. The van der Waals surface area contributed by atoms with Gasteiger partial charge < -0.3 is 15.2 Å².